The lowest BCUT2D eigenvalue weighted by Crippen LogP contribution is -2.55. The van der Waals surface area contributed by atoms with Gasteiger partial charge in [0, 0.05) is 31.3 Å². The molecule has 0 amide bonds. The number of para-hydroxylation sites is 1. The van der Waals surface area contributed by atoms with Crippen LogP contribution in [-0.2, 0) is 4.74 Å². The van der Waals surface area contributed by atoms with E-state index in [0.717, 1.165) is 17.4 Å². The summed E-state index contributed by atoms with van der Waals surface area (Å²) in [6.45, 7) is 4.81. The maximum Gasteiger partial charge on any atom is 0.0983 e. The van der Waals surface area contributed by atoms with Crippen LogP contribution >= 0.6 is 0 Å². The maximum absolute atomic E-state index is 6.04. The number of aromatic nitrogens is 1. The summed E-state index contributed by atoms with van der Waals surface area (Å²) >= 11 is 0. The van der Waals surface area contributed by atoms with E-state index in [9.17, 15) is 0 Å². The topological polar surface area (TPSA) is 25.4 Å². The van der Waals surface area contributed by atoms with E-state index in [-0.39, 0.29) is 6.10 Å². The molecule has 2 aromatic rings. The average molecular weight is 310 g/mol. The van der Waals surface area contributed by atoms with E-state index in [1.54, 1.807) is 0 Å². The molecule has 3 aliphatic heterocycles. The number of hydrogen-bond acceptors (Lipinski definition) is 3. The number of nitrogens with zero attached hydrogens (tertiary/aromatic N) is 2. The van der Waals surface area contributed by atoms with Gasteiger partial charge in [-0.3, -0.25) is 9.88 Å². The lowest BCUT2D eigenvalue weighted by Gasteiger charge is -2.52. The molecule has 3 saturated heterocycles. The Morgan fingerprint density at radius 3 is 2.91 bits per heavy atom. The van der Waals surface area contributed by atoms with Gasteiger partial charge in [0.15, 0.2) is 0 Å². The van der Waals surface area contributed by atoms with Crippen molar-refractivity contribution < 1.29 is 4.74 Å². The minimum absolute atomic E-state index is 0.142. The fourth-order valence-corrected chi connectivity index (χ4v) is 4.81. The van der Waals surface area contributed by atoms with Gasteiger partial charge in [-0.2, -0.15) is 0 Å². The molecule has 23 heavy (non-hydrogen) atoms. The van der Waals surface area contributed by atoms with E-state index in [1.807, 2.05) is 13.3 Å². The Labute approximate surface area is 138 Å². The van der Waals surface area contributed by atoms with E-state index in [1.165, 1.54) is 43.3 Å². The first-order chi connectivity index (χ1) is 11.3. The van der Waals surface area contributed by atoms with Gasteiger partial charge in [0.05, 0.1) is 11.6 Å². The van der Waals surface area contributed by atoms with Crippen LogP contribution in [0.3, 0.4) is 0 Å². The summed E-state index contributed by atoms with van der Waals surface area (Å²) in [5.74, 6) is 1.76. The number of piperidine rings is 3. The Morgan fingerprint density at radius 2 is 2.17 bits per heavy atom. The molecule has 0 saturated carbocycles. The molecule has 3 heteroatoms. The van der Waals surface area contributed by atoms with E-state index >= 15 is 0 Å². The predicted molar refractivity (Wildman–Crippen MR) is 93.4 cm³/mol. The highest BCUT2D eigenvalue weighted by Gasteiger charge is 2.43. The van der Waals surface area contributed by atoms with Crippen molar-refractivity contribution in [1.29, 1.82) is 0 Å². The third-order valence-electron chi connectivity index (χ3n) is 6.05. The van der Waals surface area contributed by atoms with Crippen molar-refractivity contribution in [2.24, 2.45) is 11.8 Å². The van der Waals surface area contributed by atoms with Gasteiger partial charge >= 0.3 is 0 Å². The molecule has 1 aromatic carbocycles. The normalized spacial score (nSPS) is 31.4. The maximum atomic E-state index is 6.04. The van der Waals surface area contributed by atoms with Gasteiger partial charge in [0.1, 0.15) is 0 Å². The summed E-state index contributed by atoms with van der Waals surface area (Å²) in [5, 5.41) is 1.23. The molecule has 0 spiro atoms. The Balaban J connectivity index is 1.69. The van der Waals surface area contributed by atoms with Crippen molar-refractivity contribution in [3.8, 4) is 0 Å². The fraction of sp³-hybridized carbons (Fsp3) is 0.550. The van der Waals surface area contributed by atoms with Gasteiger partial charge in [0.2, 0.25) is 0 Å². The summed E-state index contributed by atoms with van der Waals surface area (Å²) in [7, 11) is 1.86. The number of benzene rings is 1. The van der Waals surface area contributed by atoms with E-state index < -0.39 is 0 Å². The van der Waals surface area contributed by atoms with Crippen LogP contribution in [-0.4, -0.2) is 36.1 Å². The van der Waals surface area contributed by atoms with Crippen LogP contribution in [0.4, 0.5) is 0 Å². The van der Waals surface area contributed by atoms with Gasteiger partial charge in [-0.05, 0) is 48.9 Å². The second-order valence-corrected chi connectivity index (χ2v) is 7.09. The Hall–Kier alpha value is -1.45. The molecule has 1 aromatic heterocycles. The van der Waals surface area contributed by atoms with Crippen molar-refractivity contribution in [3.05, 3.63) is 42.1 Å². The predicted octanol–water partition coefficient (Wildman–Crippen LogP) is 4.04. The molecule has 0 N–H and O–H groups in total. The molecule has 5 atom stereocenters. The first-order valence-corrected chi connectivity index (χ1v) is 8.92. The molecule has 5 rings (SSSR count). The lowest BCUT2D eigenvalue weighted by atomic mass is 9.72. The van der Waals surface area contributed by atoms with Gasteiger partial charge in [0.25, 0.3) is 0 Å². The summed E-state index contributed by atoms with van der Waals surface area (Å²) in [4.78, 5) is 7.19. The van der Waals surface area contributed by atoms with Gasteiger partial charge in [-0.1, -0.05) is 31.5 Å². The Bertz CT molecular complexity index is 681. The van der Waals surface area contributed by atoms with Crippen LogP contribution in [0.5, 0.6) is 0 Å². The number of fused-ring (bicyclic) bond motifs is 4. The molecule has 2 bridgehead atoms. The van der Waals surface area contributed by atoms with Crippen molar-refractivity contribution in [2.45, 2.75) is 38.3 Å². The third kappa shape index (κ3) is 2.56. The monoisotopic (exact) mass is 310 g/mol. The molecule has 2 unspecified atom stereocenters. The third-order valence-corrected chi connectivity index (χ3v) is 6.05. The number of hydrogen-bond donors (Lipinski definition) is 0. The quantitative estimate of drug-likeness (QED) is 0.852. The summed E-state index contributed by atoms with van der Waals surface area (Å²) < 4.78 is 6.04. The molecule has 0 aliphatic carbocycles. The highest BCUT2D eigenvalue weighted by Crippen LogP contribution is 2.43. The summed E-state index contributed by atoms with van der Waals surface area (Å²) in [6, 6.07) is 11.1. The van der Waals surface area contributed by atoms with Crippen LogP contribution in [0.2, 0.25) is 0 Å². The van der Waals surface area contributed by atoms with E-state index in [4.69, 9.17) is 4.74 Å². The summed E-state index contributed by atoms with van der Waals surface area (Å²) in [5.41, 5.74) is 2.36. The zero-order chi connectivity index (χ0) is 15.8. The van der Waals surface area contributed by atoms with Crippen molar-refractivity contribution >= 4 is 10.9 Å². The summed E-state index contributed by atoms with van der Waals surface area (Å²) in [6.07, 6.45) is 6.01. The average Bonchev–Trinajstić information content (AvgIpc) is 2.63. The largest absolute Gasteiger partial charge is 0.375 e. The molecule has 4 heterocycles. The Kier molecular flexibility index (Phi) is 4.08. The second kappa shape index (κ2) is 6.21. The first kappa shape index (κ1) is 15.1. The van der Waals surface area contributed by atoms with E-state index in [2.05, 4.69) is 47.1 Å². The Morgan fingerprint density at radius 1 is 1.30 bits per heavy atom. The van der Waals surface area contributed by atoms with Crippen LogP contribution < -0.4 is 0 Å². The molecule has 3 aliphatic rings. The SMILES string of the molecule is CC[C@H]1CN2CCC1C[C@H]2[C@H](OC)c1ccnc2ccccc12. The van der Waals surface area contributed by atoms with Gasteiger partial charge in [-0.25, -0.2) is 0 Å². The van der Waals surface area contributed by atoms with Crippen LogP contribution in [0, 0.1) is 11.8 Å². The molecule has 3 nitrogen and oxygen atoms in total. The van der Waals surface area contributed by atoms with Crippen LogP contribution in [0.15, 0.2) is 36.5 Å². The fourth-order valence-electron chi connectivity index (χ4n) is 4.81. The van der Waals surface area contributed by atoms with Crippen molar-refractivity contribution in [3.63, 3.8) is 0 Å². The number of ether oxygens (including phenoxy) is 1. The molecule has 122 valence electrons. The lowest BCUT2D eigenvalue weighted by molar-refractivity contribution is -0.0698. The van der Waals surface area contributed by atoms with Crippen LogP contribution in [0.1, 0.15) is 37.9 Å². The molecular weight excluding hydrogens is 284 g/mol. The van der Waals surface area contributed by atoms with Gasteiger partial charge in [-0.15, -0.1) is 0 Å². The van der Waals surface area contributed by atoms with Crippen molar-refractivity contribution in [2.75, 3.05) is 20.2 Å². The molecule has 3 fully saturated rings. The highest BCUT2D eigenvalue weighted by molar-refractivity contribution is 5.82. The zero-order valence-corrected chi connectivity index (χ0v) is 14.1. The zero-order valence-electron chi connectivity index (χ0n) is 14.1. The minimum atomic E-state index is 0.142. The highest BCUT2D eigenvalue weighted by atomic mass is 16.5. The minimum Gasteiger partial charge on any atom is -0.375 e. The first-order valence-electron chi connectivity index (χ1n) is 8.92. The smallest absolute Gasteiger partial charge is 0.0983 e. The number of methoxy groups -OCH3 is 1. The number of pyridine rings is 1. The van der Waals surface area contributed by atoms with Gasteiger partial charge < -0.3 is 4.74 Å². The van der Waals surface area contributed by atoms with E-state index in [0.29, 0.717) is 6.04 Å². The second-order valence-electron chi connectivity index (χ2n) is 7.09. The van der Waals surface area contributed by atoms with Crippen LogP contribution in [0.25, 0.3) is 10.9 Å². The number of rotatable bonds is 4. The standard InChI is InChI=1S/C20H26N2O/c1-3-14-13-22-11-9-15(14)12-19(22)20(23-2)17-8-10-21-18-7-5-4-6-16(17)18/h4-8,10,14-15,19-20H,3,9,11-13H2,1-2H3/t14-,15?,19-,20+/m0/s1. The molecular formula is C20H26N2O. The van der Waals surface area contributed by atoms with Crippen molar-refractivity contribution in [1.82, 2.24) is 9.88 Å². The molecule has 0 radical (unpaired) electrons.